The van der Waals surface area contributed by atoms with Gasteiger partial charge in [-0.1, -0.05) is 43.4 Å². The Labute approximate surface area is 258 Å². The Morgan fingerprint density at radius 2 is 1.64 bits per heavy atom. The number of fused-ring (bicyclic) bond motifs is 2. The van der Waals surface area contributed by atoms with Gasteiger partial charge in [-0.3, -0.25) is 4.79 Å². The van der Waals surface area contributed by atoms with Crippen molar-refractivity contribution < 1.29 is 23.2 Å². The van der Waals surface area contributed by atoms with Crippen molar-refractivity contribution in [3.63, 3.8) is 0 Å². The number of anilines is 1. The molecule has 44 heavy (non-hydrogen) atoms. The van der Waals surface area contributed by atoms with Gasteiger partial charge in [-0.25, -0.2) is 19.3 Å². The zero-order valence-electron chi connectivity index (χ0n) is 25.1. The summed E-state index contributed by atoms with van der Waals surface area (Å²) in [5.74, 6) is -0.245. The molecule has 3 aromatic carbocycles. The van der Waals surface area contributed by atoms with Crippen LogP contribution in [0, 0.1) is 5.82 Å². The molecule has 3 heterocycles. The molecule has 6 rings (SSSR count). The molecule has 0 bridgehead atoms. The van der Waals surface area contributed by atoms with E-state index in [9.17, 15) is 9.18 Å². The van der Waals surface area contributed by atoms with E-state index in [0.717, 1.165) is 37.7 Å². The first-order valence-corrected chi connectivity index (χ1v) is 14.3. The predicted octanol–water partition coefficient (Wildman–Crippen LogP) is 7.05. The molecule has 0 atom stereocenters. The van der Waals surface area contributed by atoms with Crippen molar-refractivity contribution in [1.82, 2.24) is 20.3 Å². The molecule has 6 aromatic rings. The Morgan fingerprint density at radius 1 is 0.955 bits per heavy atom. The Bertz CT molecular complexity index is 1830. The maximum Gasteiger partial charge on any atom is 0.255 e. The maximum absolute atomic E-state index is 13.6. The van der Waals surface area contributed by atoms with Crippen LogP contribution >= 0.6 is 11.3 Å². The molecule has 0 unspecified atom stereocenters. The fourth-order valence-corrected chi connectivity index (χ4v) is 5.40. The number of benzene rings is 3. The first kappa shape index (κ1) is 33.2. The number of carbonyl (C=O) groups excluding carboxylic acids is 3. The molecule has 9 nitrogen and oxygen atoms in total. The highest BCUT2D eigenvalue weighted by molar-refractivity contribution is 7.21. The second kappa shape index (κ2) is 15.3. The van der Waals surface area contributed by atoms with Crippen molar-refractivity contribution in [2.75, 3.05) is 26.0 Å². The lowest BCUT2D eigenvalue weighted by atomic mass is 9.97. The average Bonchev–Trinajstić information content (AvgIpc) is 3.69. The fourth-order valence-electron chi connectivity index (χ4n) is 4.52. The van der Waals surface area contributed by atoms with E-state index in [4.69, 9.17) is 19.0 Å². The lowest BCUT2D eigenvalue weighted by Crippen LogP contribution is -2.18. The van der Waals surface area contributed by atoms with Gasteiger partial charge in [0.1, 0.15) is 52.4 Å². The van der Waals surface area contributed by atoms with Gasteiger partial charge in [0.05, 0.1) is 11.8 Å². The molecule has 0 saturated carbocycles. The SMILES string of the molecule is C=O.C=O.CC.CNC(=O)c1c(-c2ccc(F)cc2)oc2cc(N(C)C)c(-c3cccc(-c4nc5cncnc5s4)c3)cc12. The molecule has 0 aliphatic heterocycles. The Kier molecular flexibility index (Phi) is 11.5. The third-order valence-corrected chi connectivity index (χ3v) is 7.37. The van der Waals surface area contributed by atoms with Crippen molar-refractivity contribution in [1.29, 1.82) is 0 Å². The number of hydrogen-bond donors (Lipinski definition) is 1. The highest BCUT2D eigenvalue weighted by Crippen LogP contribution is 2.41. The molecular weight excluding hydrogens is 581 g/mol. The molecule has 1 amide bonds. The number of thiazole rings is 1. The van der Waals surface area contributed by atoms with Gasteiger partial charge in [-0.2, -0.15) is 0 Å². The highest BCUT2D eigenvalue weighted by Gasteiger charge is 2.24. The zero-order valence-corrected chi connectivity index (χ0v) is 25.9. The average molecular weight is 614 g/mol. The third-order valence-electron chi connectivity index (χ3n) is 6.34. The molecule has 0 aliphatic rings. The van der Waals surface area contributed by atoms with Crippen molar-refractivity contribution in [2.24, 2.45) is 0 Å². The number of amides is 1. The van der Waals surface area contributed by atoms with E-state index < -0.39 is 0 Å². The molecule has 1 N–H and O–H groups in total. The molecule has 11 heteroatoms. The zero-order chi connectivity index (χ0) is 32.4. The normalized spacial score (nSPS) is 10.0. The van der Waals surface area contributed by atoms with Crippen LogP contribution in [-0.4, -0.2) is 55.6 Å². The first-order valence-electron chi connectivity index (χ1n) is 13.4. The number of nitrogens with zero attached hydrogens (tertiary/aromatic N) is 4. The van der Waals surface area contributed by atoms with Crippen molar-refractivity contribution >= 4 is 57.8 Å². The monoisotopic (exact) mass is 613 g/mol. The second-order valence-corrected chi connectivity index (χ2v) is 9.94. The molecule has 3 aromatic heterocycles. The number of carbonyl (C=O) groups is 3. The van der Waals surface area contributed by atoms with Crippen LogP contribution in [0.15, 0.2) is 77.6 Å². The first-order chi connectivity index (χ1) is 21.4. The van der Waals surface area contributed by atoms with E-state index in [0.29, 0.717) is 27.9 Å². The minimum Gasteiger partial charge on any atom is -0.455 e. The molecule has 0 spiro atoms. The summed E-state index contributed by atoms with van der Waals surface area (Å²) < 4.78 is 19.8. The third kappa shape index (κ3) is 6.68. The molecule has 0 aliphatic carbocycles. The minimum atomic E-state index is -0.358. The fraction of sp³-hybridized carbons (Fsp3) is 0.152. The van der Waals surface area contributed by atoms with Crippen molar-refractivity contribution in [3.8, 4) is 33.0 Å². The van der Waals surface area contributed by atoms with Gasteiger partial charge in [-0.15, -0.1) is 0 Å². The topological polar surface area (TPSA) is 118 Å². The summed E-state index contributed by atoms with van der Waals surface area (Å²) in [5, 5.41) is 4.24. The maximum atomic E-state index is 13.6. The number of nitrogens with one attached hydrogen (secondary N) is 1. The van der Waals surface area contributed by atoms with Crippen molar-refractivity contribution in [3.05, 3.63) is 84.6 Å². The molecule has 226 valence electrons. The number of rotatable bonds is 5. The quantitative estimate of drug-likeness (QED) is 0.220. The van der Waals surface area contributed by atoms with Crippen LogP contribution in [0.1, 0.15) is 24.2 Å². The van der Waals surface area contributed by atoms with Crippen molar-refractivity contribution in [2.45, 2.75) is 13.8 Å². The standard InChI is InChI=1S/C29H22FN5O2S.C2H6.2CH2O/c1-31-27(36)25-21-12-20(17-5-4-6-18(11-17)28-34-22-14-32-15-33-29(22)38-28)23(35(2)3)13-24(21)37-26(25)16-7-9-19(30)10-8-16;3*1-2/h4-15H,1-3H3,(H,31,36);1-2H3;2*1H2. The summed E-state index contributed by atoms with van der Waals surface area (Å²) in [6.07, 6.45) is 3.23. The smallest absolute Gasteiger partial charge is 0.255 e. The molecule has 0 radical (unpaired) electrons. The molecular formula is C33H32FN5O4S. The number of furan rings is 1. The summed E-state index contributed by atoms with van der Waals surface area (Å²) in [6, 6.07) is 18.0. The van der Waals surface area contributed by atoms with Crippen LogP contribution in [0.2, 0.25) is 0 Å². The summed E-state index contributed by atoms with van der Waals surface area (Å²) in [5.41, 5.74) is 6.13. The highest BCUT2D eigenvalue weighted by atomic mass is 32.1. The van der Waals surface area contributed by atoms with Crippen LogP contribution in [0.4, 0.5) is 10.1 Å². The minimum absolute atomic E-state index is 0.282. The predicted molar refractivity (Wildman–Crippen MR) is 175 cm³/mol. The second-order valence-electron chi connectivity index (χ2n) is 8.97. The molecule has 0 fully saturated rings. The Morgan fingerprint density at radius 3 is 2.27 bits per heavy atom. The van der Waals surface area contributed by atoms with E-state index in [2.05, 4.69) is 21.4 Å². The van der Waals surface area contributed by atoms with Gasteiger partial charge >= 0.3 is 0 Å². The number of halogens is 1. The largest absolute Gasteiger partial charge is 0.455 e. The van der Waals surface area contributed by atoms with E-state index in [1.54, 1.807) is 25.4 Å². The van der Waals surface area contributed by atoms with E-state index in [-0.39, 0.29) is 11.7 Å². The van der Waals surface area contributed by atoms with Gasteiger partial charge < -0.3 is 24.2 Å². The van der Waals surface area contributed by atoms with Crippen LogP contribution in [0.5, 0.6) is 0 Å². The summed E-state index contributed by atoms with van der Waals surface area (Å²) in [6.45, 7) is 8.00. The Hall–Kier alpha value is -5.29. The van der Waals surface area contributed by atoms with Crippen LogP contribution in [0.25, 0.3) is 54.3 Å². The van der Waals surface area contributed by atoms with E-state index >= 15 is 0 Å². The van der Waals surface area contributed by atoms with Gasteiger partial charge in [-0.05, 0) is 42.0 Å². The van der Waals surface area contributed by atoms with Gasteiger partial charge in [0.25, 0.3) is 5.91 Å². The van der Waals surface area contributed by atoms with Gasteiger partial charge in [0.15, 0.2) is 0 Å². The van der Waals surface area contributed by atoms with Crippen LogP contribution in [-0.2, 0) is 9.59 Å². The summed E-state index contributed by atoms with van der Waals surface area (Å²) in [4.78, 5) is 45.0. The van der Waals surface area contributed by atoms with Crippen LogP contribution < -0.4 is 10.2 Å². The summed E-state index contributed by atoms with van der Waals surface area (Å²) >= 11 is 1.51. The summed E-state index contributed by atoms with van der Waals surface area (Å²) in [7, 11) is 5.50. The number of aromatic nitrogens is 3. The van der Waals surface area contributed by atoms with Gasteiger partial charge in [0, 0.05) is 55.0 Å². The van der Waals surface area contributed by atoms with Gasteiger partial charge in [0.2, 0.25) is 0 Å². The lowest BCUT2D eigenvalue weighted by Gasteiger charge is -2.18. The van der Waals surface area contributed by atoms with E-state index in [1.165, 1.54) is 29.8 Å². The van der Waals surface area contributed by atoms with Crippen LogP contribution in [0.3, 0.4) is 0 Å². The Balaban J connectivity index is 0.000000832. The molecule has 0 saturated heterocycles. The lowest BCUT2D eigenvalue weighted by molar-refractivity contribution is -0.0987. The van der Waals surface area contributed by atoms with E-state index in [1.807, 2.05) is 76.8 Å². The number of hydrogen-bond acceptors (Lipinski definition) is 9.